The van der Waals surface area contributed by atoms with E-state index in [1.807, 2.05) is 6.92 Å². The van der Waals surface area contributed by atoms with Gasteiger partial charge in [-0.25, -0.2) is 4.79 Å². The molecular weight excluding hydrogens is 260 g/mol. The van der Waals surface area contributed by atoms with E-state index < -0.39 is 5.54 Å². The van der Waals surface area contributed by atoms with Crippen LogP contribution in [0.25, 0.3) is 0 Å². The number of carbonyl (C=O) groups is 2. The van der Waals surface area contributed by atoms with Gasteiger partial charge in [-0.3, -0.25) is 9.69 Å². The van der Waals surface area contributed by atoms with Crippen molar-refractivity contribution in [3.63, 3.8) is 0 Å². The molecule has 106 valence electrons. The Morgan fingerprint density at radius 3 is 2.80 bits per heavy atom. The van der Waals surface area contributed by atoms with Gasteiger partial charge in [-0.15, -0.1) is 0 Å². The molecule has 0 aliphatic carbocycles. The zero-order chi connectivity index (χ0) is 14.3. The number of benzene rings is 1. The van der Waals surface area contributed by atoms with Crippen molar-refractivity contribution < 1.29 is 19.1 Å². The molecule has 6 heteroatoms. The van der Waals surface area contributed by atoms with E-state index >= 15 is 0 Å². The van der Waals surface area contributed by atoms with E-state index in [-0.39, 0.29) is 18.7 Å². The number of nitrogens with zero attached hydrogens (tertiary/aromatic N) is 1. The van der Waals surface area contributed by atoms with Crippen molar-refractivity contribution in [1.82, 2.24) is 10.2 Å². The molecule has 0 saturated carbocycles. The monoisotopic (exact) mass is 276 g/mol. The number of carbonyl (C=O) groups excluding carboxylic acids is 2. The molecule has 1 saturated heterocycles. The number of urea groups is 1. The molecule has 1 atom stereocenters. The maximum atomic E-state index is 12.5. The lowest BCUT2D eigenvalue weighted by Gasteiger charge is -2.22. The smallest absolute Gasteiger partial charge is 0.325 e. The summed E-state index contributed by atoms with van der Waals surface area (Å²) >= 11 is 0. The van der Waals surface area contributed by atoms with Crippen molar-refractivity contribution in [1.29, 1.82) is 0 Å². The Bertz CT molecular complexity index is 587. The lowest BCUT2D eigenvalue weighted by molar-refractivity contribution is -0.131. The molecule has 0 unspecified atom stereocenters. The van der Waals surface area contributed by atoms with E-state index in [0.29, 0.717) is 23.6 Å². The van der Waals surface area contributed by atoms with Gasteiger partial charge in [0.25, 0.3) is 5.91 Å². The quantitative estimate of drug-likeness (QED) is 0.851. The normalized spacial score (nSPS) is 24.2. The van der Waals surface area contributed by atoms with Crippen LogP contribution < -0.4 is 14.8 Å². The Morgan fingerprint density at radius 2 is 2.05 bits per heavy atom. The van der Waals surface area contributed by atoms with Crippen LogP contribution in [-0.4, -0.2) is 30.2 Å². The van der Waals surface area contributed by atoms with Gasteiger partial charge in [0.2, 0.25) is 6.79 Å². The van der Waals surface area contributed by atoms with Crippen LogP contribution in [0.3, 0.4) is 0 Å². The molecule has 1 N–H and O–H groups in total. The van der Waals surface area contributed by atoms with Gasteiger partial charge in [0, 0.05) is 6.54 Å². The van der Waals surface area contributed by atoms with Crippen LogP contribution in [0.15, 0.2) is 18.2 Å². The van der Waals surface area contributed by atoms with Crippen LogP contribution in [-0.2, 0) is 10.3 Å². The third-order valence-corrected chi connectivity index (χ3v) is 3.67. The first kappa shape index (κ1) is 12.8. The number of fused-ring (bicyclic) bond motifs is 1. The first-order chi connectivity index (χ1) is 9.56. The SMILES string of the molecule is CCCN1C(=O)N[C@@](C)(c2ccc3c(c2)OCO3)C1=O. The molecule has 1 aromatic rings. The molecule has 0 spiro atoms. The molecule has 0 aromatic heterocycles. The van der Waals surface area contributed by atoms with Crippen molar-refractivity contribution >= 4 is 11.9 Å². The molecule has 0 radical (unpaired) electrons. The summed E-state index contributed by atoms with van der Waals surface area (Å²) in [6.07, 6.45) is 0.733. The summed E-state index contributed by atoms with van der Waals surface area (Å²) in [6, 6.07) is 4.93. The average molecular weight is 276 g/mol. The van der Waals surface area contributed by atoms with Crippen LogP contribution in [0.1, 0.15) is 25.8 Å². The molecule has 0 bridgehead atoms. The van der Waals surface area contributed by atoms with Crippen molar-refractivity contribution in [2.45, 2.75) is 25.8 Å². The number of hydrogen-bond donors (Lipinski definition) is 1. The molecule has 2 heterocycles. The third kappa shape index (κ3) is 1.71. The zero-order valence-electron chi connectivity index (χ0n) is 11.4. The number of ether oxygens (including phenoxy) is 2. The van der Waals surface area contributed by atoms with Crippen molar-refractivity contribution in [3.8, 4) is 11.5 Å². The maximum Gasteiger partial charge on any atom is 0.325 e. The second-order valence-electron chi connectivity index (χ2n) is 5.08. The minimum Gasteiger partial charge on any atom is -0.454 e. The highest BCUT2D eigenvalue weighted by Gasteiger charge is 2.48. The van der Waals surface area contributed by atoms with Crippen molar-refractivity contribution in [3.05, 3.63) is 23.8 Å². The van der Waals surface area contributed by atoms with Gasteiger partial charge >= 0.3 is 6.03 Å². The van der Waals surface area contributed by atoms with E-state index in [2.05, 4.69) is 5.32 Å². The summed E-state index contributed by atoms with van der Waals surface area (Å²) in [6.45, 7) is 4.24. The minimum atomic E-state index is -1.05. The Labute approximate surface area is 116 Å². The third-order valence-electron chi connectivity index (χ3n) is 3.67. The standard InChI is InChI=1S/C14H16N2O4/c1-3-6-16-12(17)14(2,15-13(16)18)9-4-5-10-11(7-9)20-8-19-10/h4-5,7H,3,6,8H2,1-2H3,(H,15,18)/t14-/m0/s1. The van der Waals surface area contributed by atoms with Gasteiger partial charge in [-0.2, -0.15) is 0 Å². The number of hydrogen-bond acceptors (Lipinski definition) is 4. The van der Waals surface area contributed by atoms with Crippen LogP contribution in [0.2, 0.25) is 0 Å². The summed E-state index contributed by atoms with van der Waals surface area (Å²) in [4.78, 5) is 25.7. The van der Waals surface area contributed by atoms with Gasteiger partial charge in [0.1, 0.15) is 5.54 Å². The molecule has 2 aliphatic heterocycles. The highest BCUT2D eigenvalue weighted by atomic mass is 16.7. The van der Waals surface area contributed by atoms with Gasteiger partial charge < -0.3 is 14.8 Å². The first-order valence-corrected chi connectivity index (χ1v) is 6.60. The summed E-state index contributed by atoms with van der Waals surface area (Å²) in [7, 11) is 0. The van der Waals surface area contributed by atoms with Gasteiger partial charge in [-0.1, -0.05) is 13.0 Å². The van der Waals surface area contributed by atoms with Crippen molar-refractivity contribution in [2.24, 2.45) is 0 Å². The van der Waals surface area contributed by atoms with Crippen LogP contribution in [0.4, 0.5) is 4.79 Å². The Hall–Kier alpha value is -2.24. The van der Waals surface area contributed by atoms with E-state index in [0.717, 1.165) is 6.42 Å². The number of rotatable bonds is 3. The first-order valence-electron chi connectivity index (χ1n) is 6.60. The lowest BCUT2D eigenvalue weighted by atomic mass is 9.91. The molecule has 1 aromatic carbocycles. The zero-order valence-corrected chi connectivity index (χ0v) is 11.4. The fourth-order valence-corrected chi connectivity index (χ4v) is 2.53. The summed E-state index contributed by atoms with van der Waals surface area (Å²) in [5, 5.41) is 2.76. The van der Waals surface area contributed by atoms with Crippen LogP contribution >= 0.6 is 0 Å². The summed E-state index contributed by atoms with van der Waals surface area (Å²) in [5.41, 5.74) is -0.355. The van der Waals surface area contributed by atoms with E-state index in [4.69, 9.17) is 9.47 Å². The predicted octanol–water partition coefficient (Wildman–Crippen LogP) is 1.59. The highest BCUT2D eigenvalue weighted by molar-refractivity contribution is 6.07. The molecule has 1 fully saturated rings. The van der Waals surface area contributed by atoms with E-state index in [9.17, 15) is 9.59 Å². The minimum absolute atomic E-state index is 0.178. The predicted molar refractivity (Wildman–Crippen MR) is 70.5 cm³/mol. The molecule has 6 nitrogen and oxygen atoms in total. The molecule has 3 amide bonds. The van der Waals surface area contributed by atoms with Crippen molar-refractivity contribution in [2.75, 3.05) is 13.3 Å². The highest BCUT2D eigenvalue weighted by Crippen LogP contribution is 2.37. The second kappa shape index (κ2) is 4.40. The topological polar surface area (TPSA) is 67.9 Å². The Morgan fingerprint density at radius 1 is 1.30 bits per heavy atom. The average Bonchev–Trinajstić information content (AvgIpc) is 2.97. The molecule has 20 heavy (non-hydrogen) atoms. The fraction of sp³-hybridized carbons (Fsp3) is 0.429. The van der Waals surface area contributed by atoms with Gasteiger partial charge in [-0.05, 0) is 31.0 Å². The lowest BCUT2D eigenvalue weighted by Crippen LogP contribution is -2.40. The maximum absolute atomic E-state index is 12.5. The molecular formula is C14H16N2O4. The largest absolute Gasteiger partial charge is 0.454 e. The van der Waals surface area contributed by atoms with Crippen LogP contribution in [0, 0.1) is 0 Å². The summed E-state index contributed by atoms with van der Waals surface area (Å²) < 4.78 is 10.6. The van der Waals surface area contributed by atoms with Gasteiger partial charge in [0.15, 0.2) is 11.5 Å². The second-order valence-corrected chi connectivity index (χ2v) is 5.08. The number of amides is 3. The van der Waals surface area contributed by atoms with E-state index in [1.54, 1.807) is 25.1 Å². The Kier molecular flexibility index (Phi) is 2.81. The van der Waals surface area contributed by atoms with E-state index in [1.165, 1.54) is 4.90 Å². The summed E-state index contributed by atoms with van der Waals surface area (Å²) in [5.74, 6) is 1.02. The number of imide groups is 1. The van der Waals surface area contributed by atoms with Crippen LogP contribution in [0.5, 0.6) is 11.5 Å². The fourth-order valence-electron chi connectivity index (χ4n) is 2.53. The molecule has 3 rings (SSSR count). The Balaban J connectivity index is 1.97. The molecule has 2 aliphatic rings. The van der Waals surface area contributed by atoms with Gasteiger partial charge in [0.05, 0.1) is 0 Å². The number of nitrogens with one attached hydrogen (secondary N) is 1.